The van der Waals surface area contributed by atoms with Gasteiger partial charge in [-0.25, -0.2) is 13.4 Å². The summed E-state index contributed by atoms with van der Waals surface area (Å²) in [7, 11) is -4.21. The summed E-state index contributed by atoms with van der Waals surface area (Å²) in [6, 6.07) is 19.8. The molecule has 8 heteroatoms. The SMILES string of the molecule is O=C1CN(c2c(O)cc(-c3ccc(Cc4ccccc4)cc3)cc2F)S(=O)(=O)N1. The summed E-state index contributed by atoms with van der Waals surface area (Å²) in [5.74, 6) is -2.29. The molecule has 0 unspecified atom stereocenters. The van der Waals surface area contributed by atoms with E-state index in [2.05, 4.69) is 0 Å². The zero-order valence-corrected chi connectivity index (χ0v) is 16.0. The molecule has 0 saturated carbocycles. The van der Waals surface area contributed by atoms with Crippen LogP contribution >= 0.6 is 0 Å². The fraction of sp³-hybridized carbons (Fsp3) is 0.0952. The number of phenols is 1. The summed E-state index contributed by atoms with van der Waals surface area (Å²) in [4.78, 5) is 11.4. The van der Waals surface area contributed by atoms with Gasteiger partial charge in [-0.2, -0.15) is 8.42 Å². The first-order valence-electron chi connectivity index (χ1n) is 8.82. The van der Waals surface area contributed by atoms with Crippen LogP contribution < -0.4 is 9.03 Å². The summed E-state index contributed by atoms with van der Waals surface area (Å²) >= 11 is 0. The number of amides is 1. The lowest BCUT2D eigenvalue weighted by Crippen LogP contribution is -2.30. The Hall–Kier alpha value is -3.39. The van der Waals surface area contributed by atoms with Crippen LogP contribution in [0.3, 0.4) is 0 Å². The minimum Gasteiger partial charge on any atom is -0.506 e. The number of anilines is 1. The molecule has 6 nitrogen and oxygen atoms in total. The molecule has 2 N–H and O–H groups in total. The Labute approximate surface area is 167 Å². The molecule has 1 heterocycles. The molecule has 1 aliphatic heterocycles. The second kappa shape index (κ2) is 7.21. The van der Waals surface area contributed by atoms with Crippen LogP contribution in [0.15, 0.2) is 66.7 Å². The van der Waals surface area contributed by atoms with Gasteiger partial charge in [-0.3, -0.25) is 4.79 Å². The van der Waals surface area contributed by atoms with E-state index in [1.54, 1.807) is 4.72 Å². The van der Waals surface area contributed by atoms with Crippen molar-refractivity contribution < 1.29 is 22.7 Å². The van der Waals surface area contributed by atoms with Crippen LogP contribution in [0.4, 0.5) is 10.1 Å². The molecule has 29 heavy (non-hydrogen) atoms. The van der Waals surface area contributed by atoms with E-state index in [9.17, 15) is 22.7 Å². The van der Waals surface area contributed by atoms with Crippen molar-refractivity contribution in [3.63, 3.8) is 0 Å². The number of halogens is 1. The van der Waals surface area contributed by atoms with Gasteiger partial charge in [0.2, 0.25) is 0 Å². The van der Waals surface area contributed by atoms with Crippen LogP contribution in [0.25, 0.3) is 11.1 Å². The Bertz CT molecular complexity index is 1160. The number of carbonyl (C=O) groups is 1. The Balaban J connectivity index is 1.62. The van der Waals surface area contributed by atoms with Crippen LogP contribution in [0, 0.1) is 5.82 Å². The van der Waals surface area contributed by atoms with E-state index >= 15 is 0 Å². The first kappa shape index (κ1) is 18.9. The van der Waals surface area contributed by atoms with E-state index < -0.39 is 39.9 Å². The smallest absolute Gasteiger partial charge is 0.326 e. The number of hydrogen-bond acceptors (Lipinski definition) is 4. The largest absolute Gasteiger partial charge is 0.506 e. The van der Waals surface area contributed by atoms with Crippen LogP contribution in [-0.4, -0.2) is 26.0 Å². The second-order valence-corrected chi connectivity index (χ2v) is 8.32. The predicted octanol–water partition coefficient (Wildman–Crippen LogP) is 2.97. The van der Waals surface area contributed by atoms with Gasteiger partial charge in [-0.15, -0.1) is 0 Å². The maximum atomic E-state index is 14.7. The molecule has 4 rings (SSSR count). The fourth-order valence-corrected chi connectivity index (χ4v) is 4.46. The number of carbonyl (C=O) groups excluding carboxylic acids is 1. The van der Waals surface area contributed by atoms with Gasteiger partial charge in [0, 0.05) is 0 Å². The Morgan fingerprint density at radius 1 is 0.966 bits per heavy atom. The molecule has 148 valence electrons. The zero-order valence-electron chi connectivity index (χ0n) is 15.2. The number of rotatable bonds is 4. The first-order valence-corrected chi connectivity index (χ1v) is 10.3. The molecule has 3 aromatic rings. The fourth-order valence-electron chi connectivity index (χ4n) is 3.29. The molecule has 0 atom stereocenters. The Morgan fingerprint density at radius 3 is 2.21 bits per heavy atom. The quantitative estimate of drug-likeness (QED) is 0.690. The van der Waals surface area contributed by atoms with Crippen molar-refractivity contribution >= 4 is 21.8 Å². The average Bonchev–Trinajstić information content (AvgIpc) is 2.94. The van der Waals surface area contributed by atoms with Crippen molar-refractivity contribution in [1.82, 2.24) is 4.72 Å². The number of nitrogens with one attached hydrogen (secondary N) is 1. The highest BCUT2D eigenvalue weighted by molar-refractivity contribution is 7.92. The van der Waals surface area contributed by atoms with Gasteiger partial charge in [-0.05, 0) is 40.8 Å². The number of phenolic OH excluding ortho intramolecular Hbond substituents is 1. The van der Waals surface area contributed by atoms with Crippen molar-refractivity contribution in [2.24, 2.45) is 0 Å². The summed E-state index contributed by atoms with van der Waals surface area (Å²) in [5, 5.41) is 10.3. The number of nitrogens with zero attached hydrogens (tertiary/aromatic N) is 1. The van der Waals surface area contributed by atoms with Crippen molar-refractivity contribution in [1.29, 1.82) is 0 Å². The van der Waals surface area contributed by atoms with Gasteiger partial charge in [-0.1, -0.05) is 54.6 Å². The molecule has 1 fully saturated rings. The average molecular weight is 412 g/mol. The predicted molar refractivity (Wildman–Crippen MR) is 107 cm³/mol. The lowest BCUT2D eigenvalue weighted by Gasteiger charge is -2.18. The third-order valence-electron chi connectivity index (χ3n) is 4.65. The van der Waals surface area contributed by atoms with Crippen molar-refractivity contribution in [3.05, 3.63) is 83.7 Å². The molecule has 1 saturated heterocycles. The van der Waals surface area contributed by atoms with Gasteiger partial charge < -0.3 is 5.11 Å². The number of aromatic hydroxyl groups is 1. The van der Waals surface area contributed by atoms with E-state index in [1.165, 1.54) is 11.6 Å². The summed E-state index contributed by atoms with van der Waals surface area (Å²) < 4.78 is 40.8. The van der Waals surface area contributed by atoms with Crippen LogP contribution in [0.5, 0.6) is 5.75 Å². The highest BCUT2D eigenvalue weighted by atomic mass is 32.2. The number of benzene rings is 3. The molecule has 0 aromatic heterocycles. The molecule has 1 aliphatic rings. The van der Waals surface area contributed by atoms with E-state index in [0.29, 0.717) is 15.4 Å². The van der Waals surface area contributed by atoms with Crippen molar-refractivity contribution in [2.75, 3.05) is 10.8 Å². The van der Waals surface area contributed by atoms with E-state index in [1.807, 2.05) is 54.6 Å². The monoisotopic (exact) mass is 412 g/mol. The lowest BCUT2D eigenvalue weighted by molar-refractivity contribution is -0.117. The maximum Gasteiger partial charge on any atom is 0.326 e. The minimum absolute atomic E-state index is 0.394. The van der Waals surface area contributed by atoms with Crippen LogP contribution in [0.1, 0.15) is 11.1 Å². The molecule has 0 spiro atoms. The topological polar surface area (TPSA) is 86.7 Å². The zero-order chi connectivity index (χ0) is 20.6. The van der Waals surface area contributed by atoms with Crippen LogP contribution in [0.2, 0.25) is 0 Å². The maximum absolute atomic E-state index is 14.7. The van der Waals surface area contributed by atoms with Gasteiger partial charge in [0.05, 0.1) is 0 Å². The van der Waals surface area contributed by atoms with E-state index in [4.69, 9.17) is 0 Å². The minimum atomic E-state index is -4.21. The standard InChI is InChI=1S/C21H17FN2O4S/c22-18-11-17(12-19(25)21(18)24-13-20(26)23-29(24,27)28)16-8-6-15(7-9-16)10-14-4-2-1-3-5-14/h1-9,11-12,25H,10,13H2,(H,23,26). The van der Waals surface area contributed by atoms with Crippen LogP contribution in [-0.2, 0) is 21.4 Å². The normalized spacial score (nSPS) is 15.3. The summed E-state index contributed by atoms with van der Waals surface area (Å²) in [5.41, 5.74) is 2.76. The molecule has 0 radical (unpaired) electrons. The highest BCUT2D eigenvalue weighted by Gasteiger charge is 2.37. The molecular weight excluding hydrogens is 395 g/mol. The first-order chi connectivity index (χ1) is 13.8. The second-order valence-electron chi connectivity index (χ2n) is 6.72. The highest BCUT2D eigenvalue weighted by Crippen LogP contribution is 2.37. The van der Waals surface area contributed by atoms with Crippen molar-refractivity contribution in [3.8, 4) is 16.9 Å². The Kier molecular flexibility index (Phi) is 4.71. The Morgan fingerprint density at radius 2 is 1.62 bits per heavy atom. The summed E-state index contributed by atoms with van der Waals surface area (Å²) in [6.45, 7) is -0.583. The molecular formula is C21H17FN2O4S. The third kappa shape index (κ3) is 3.79. The third-order valence-corrected chi connectivity index (χ3v) is 6.03. The van der Waals surface area contributed by atoms with Gasteiger partial charge in [0.25, 0.3) is 5.91 Å². The van der Waals surface area contributed by atoms with Gasteiger partial charge in [0.1, 0.15) is 18.0 Å². The van der Waals surface area contributed by atoms with Crippen molar-refractivity contribution in [2.45, 2.75) is 6.42 Å². The molecule has 0 aliphatic carbocycles. The summed E-state index contributed by atoms with van der Waals surface area (Å²) in [6.07, 6.45) is 0.757. The molecule has 0 bridgehead atoms. The molecule has 1 amide bonds. The number of hydrogen-bond donors (Lipinski definition) is 2. The molecule has 3 aromatic carbocycles. The van der Waals surface area contributed by atoms with E-state index in [-0.39, 0.29) is 0 Å². The van der Waals surface area contributed by atoms with E-state index in [0.717, 1.165) is 18.1 Å². The van der Waals surface area contributed by atoms with Gasteiger partial charge in [0.15, 0.2) is 5.82 Å². The van der Waals surface area contributed by atoms with Gasteiger partial charge >= 0.3 is 10.2 Å². The lowest BCUT2D eigenvalue weighted by atomic mass is 10.00.